The fourth-order valence-electron chi connectivity index (χ4n) is 2.02. The van der Waals surface area contributed by atoms with Crippen molar-refractivity contribution < 1.29 is 23.1 Å². The van der Waals surface area contributed by atoms with E-state index in [4.69, 9.17) is 5.26 Å². The Morgan fingerprint density at radius 3 is 2.59 bits per heavy atom. The first-order chi connectivity index (χ1) is 12.7. The van der Waals surface area contributed by atoms with Gasteiger partial charge in [0.2, 0.25) is 21.8 Å². The highest BCUT2D eigenvalue weighted by Gasteiger charge is 2.26. The third kappa shape index (κ3) is 8.04. The molecule has 0 spiro atoms. The lowest BCUT2D eigenvalue weighted by atomic mass is 10.2. The van der Waals surface area contributed by atoms with Crippen molar-refractivity contribution in [2.45, 2.75) is 45.3 Å². The molecule has 0 aliphatic carbocycles. The molecule has 2 amide bonds. The third-order valence-electron chi connectivity index (χ3n) is 3.55. The largest absolute Gasteiger partial charge is 0.394 e. The number of hydrogen-bond acceptors (Lipinski definition) is 7. The third-order valence-corrected chi connectivity index (χ3v) is 6.01. The maximum absolute atomic E-state index is 12.1. The van der Waals surface area contributed by atoms with Crippen LogP contribution in [-0.4, -0.2) is 49.8 Å². The van der Waals surface area contributed by atoms with Gasteiger partial charge in [-0.25, -0.2) is 13.1 Å². The number of aliphatic hydroxyl groups is 1. The van der Waals surface area contributed by atoms with Gasteiger partial charge in [0.05, 0.1) is 18.9 Å². The minimum absolute atomic E-state index is 0.144. The van der Waals surface area contributed by atoms with Crippen LogP contribution in [0, 0.1) is 11.3 Å². The van der Waals surface area contributed by atoms with Crippen molar-refractivity contribution in [2.24, 2.45) is 0 Å². The van der Waals surface area contributed by atoms with E-state index in [0.29, 0.717) is 17.7 Å². The Morgan fingerprint density at radius 2 is 2.04 bits per heavy atom. The van der Waals surface area contributed by atoms with E-state index in [1.54, 1.807) is 12.1 Å². The average molecular weight is 417 g/mol. The summed E-state index contributed by atoms with van der Waals surface area (Å²) in [6.07, 6.45) is 1.11. The monoisotopic (exact) mass is 416 g/mol. The second kappa shape index (κ2) is 11.0. The molecule has 0 aliphatic heterocycles. The smallest absolute Gasteiger partial charge is 0.242 e. The summed E-state index contributed by atoms with van der Waals surface area (Å²) in [5.74, 6) is -1.40. The number of nitrogens with zero attached hydrogens (tertiary/aromatic N) is 1. The number of unbranched alkanes of at least 4 members (excludes halogenated alkanes) is 1. The van der Waals surface area contributed by atoms with Crippen molar-refractivity contribution in [2.75, 3.05) is 12.4 Å². The van der Waals surface area contributed by atoms with E-state index >= 15 is 0 Å². The molecule has 1 rings (SSSR count). The van der Waals surface area contributed by atoms with Gasteiger partial charge in [0.25, 0.3) is 0 Å². The molecule has 0 fully saturated rings. The maximum atomic E-state index is 12.1. The van der Waals surface area contributed by atoms with Crippen molar-refractivity contribution in [3.05, 3.63) is 21.9 Å². The molecule has 1 aromatic heterocycles. The average Bonchev–Trinajstić information content (AvgIpc) is 3.10. The summed E-state index contributed by atoms with van der Waals surface area (Å²) in [6.45, 7) is 2.77. The van der Waals surface area contributed by atoms with Crippen LogP contribution in [-0.2, 0) is 26.2 Å². The first-order valence-electron chi connectivity index (χ1n) is 8.40. The number of carbonyl (C=O) groups is 2. The van der Waals surface area contributed by atoms with Gasteiger partial charge in [-0.3, -0.25) is 9.59 Å². The molecule has 1 aromatic rings. The standard InChI is InChI=1S/C16H24N4O5S2/c1-3-4-7-27(24,25)20-14(10-21)16(23)19-11(2)15(22)18-9-13-6-5-12(8-17)26-13/h5-6,11,14,20-21H,3-4,7,9-10H2,1-2H3,(H,18,22)(H,19,23)/t11-,14+/m0/s1. The number of thiophene rings is 1. The molecule has 0 aromatic carbocycles. The number of amides is 2. The normalized spacial score (nSPS) is 13.4. The van der Waals surface area contributed by atoms with Crippen molar-refractivity contribution in [3.63, 3.8) is 0 Å². The molecular weight excluding hydrogens is 392 g/mol. The lowest BCUT2D eigenvalue weighted by molar-refractivity contribution is -0.130. The predicted molar refractivity (Wildman–Crippen MR) is 101 cm³/mol. The predicted octanol–water partition coefficient (Wildman–Crippen LogP) is -0.179. The van der Waals surface area contributed by atoms with Gasteiger partial charge in [-0.2, -0.15) is 5.26 Å². The number of nitrogens with one attached hydrogen (secondary N) is 3. The lowest BCUT2D eigenvalue weighted by Gasteiger charge is -2.19. The Kier molecular flexibility index (Phi) is 9.37. The van der Waals surface area contributed by atoms with Gasteiger partial charge in [0, 0.05) is 4.88 Å². The second-order valence-corrected chi connectivity index (χ2v) is 8.89. The first-order valence-corrected chi connectivity index (χ1v) is 10.9. The van der Waals surface area contributed by atoms with E-state index in [2.05, 4.69) is 15.4 Å². The fraction of sp³-hybridized carbons (Fsp3) is 0.562. The minimum Gasteiger partial charge on any atom is -0.394 e. The van der Waals surface area contributed by atoms with Crippen LogP contribution in [0.3, 0.4) is 0 Å². The summed E-state index contributed by atoms with van der Waals surface area (Å²) < 4.78 is 25.9. The fourth-order valence-corrected chi connectivity index (χ4v) is 4.17. The quantitative estimate of drug-likeness (QED) is 0.393. The zero-order valence-corrected chi connectivity index (χ0v) is 16.8. The number of rotatable bonds is 11. The van der Waals surface area contributed by atoms with Gasteiger partial charge >= 0.3 is 0 Å². The highest BCUT2D eigenvalue weighted by molar-refractivity contribution is 7.89. The Hall–Kier alpha value is -2.00. The van der Waals surface area contributed by atoms with Crippen LogP contribution in [0.25, 0.3) is 0 Å². The van der Waals surface area contributed by atoms with Gasteiger partial charge in [-0.05, 0) is 25.5 Å². The zero-order valence-electron chi connectivity index (χ0n) is 15.2. The van der Waals surface area contributed by atoms with Crippen molar-refractivity contribution in [1.82, 2.24) is 15.4 Å². The molecule has 0 aliphatic rings. The molecule has 9 nitrogen and oxygen atoms in total. The number of aliphatic hydroxyl groups excluding tert-OH is 1. The van der Waals surface area contributed by atoms with Crippen LogP contribution in [0.2, 0.25) is 0 Å². The molecule has 0 saturated heterocycles. The summed E-state index contributed by atoms with van der Waals surface area (Å²) in [6, 6.07) is 3.08. The molecular formula is C16H24N4O5S2. The summed E-state index contributed by atoms with van der Waals surface area (Å²) >= 11 is 1.25. The summed E-state index contributed by atoms with van der Waals surface area (Å²) in [5, 5.41) is 23.1. The van der Waals surface area contributed by atoms with Gasteiger partial charge in [0.1, 0.15) is 23.0 Å². The Morgan fingerprint density at radius 1 is 1.33 bits per heavy atom. The van der Waals surface area contributed by atoms with Crippen LogP contribution in [0.1, 0.15) is 36.4 Å². The molecule has 27 heavy (non-hydrogen) atoms. The summed E-state index contributed by atoms with van der Waals surface area (Å²) in [5.41, 5.74) is 0. The van der Waals surface area contributed by atoms with Crippen LogP contribution in [0.5, 0.6) is 0 Å². The number of hydrogen-bond donors (Lipinski definition) is 4. The molecule has 150 valence electrons. The number of nitriles is 1. The number of sulfonamides is 1. The molecule has 2 atom stereocenters. The van der Waals surface area contributed by atoms with Gasteiger partial charge < -0.3 is 15.7 Å². The maximum Gasteiger partial charge on any atom is 0.242 e. The van der Waals surface area contributed by atoms with Crippen LogP contribution in [0.4, 0.5) is 0 Å². The molecule has 4 N–H and O–H groups in total. The minimum atomic E-state index is -3.70. The van der Waals surface area contributed by atoms with E-state index in [0.717, 1.165) is 4.88 Å². The lowest BCUT2D eigenvalue weighted by Crippen LogP contribution is -2.54. The van der Waals surface area contributed by atoms with Gasteiger partial charge in [-0.1, -0.05) is 13.3 Å². The Balaban J connectivity index is 2.54. The molecule has 0 radical (unpaired) electrons. The van der Waals surface area contributed by atoms with E-state index in [1.807, 2.05) is 13.0 Å². The Labute approximate surface area is 162 Å². The summed E-state index contributed by atoms with van der Waals surface area (Å²) in [4.78, 5) is 25.5. The second-order valence-electron chi connectivity index (χ2n) is 5.85. The molecule has 1 heterocycles. The Bertz CT molecular complexity index is 785. The van der Waals surface area contributed by atoms with Crippen LogP contribution < -0.4 is 15.4 Å². The van der Waals surface area contributed by atoms with Crippen LogP contribution in [0.15, 0.2) is 12.1 Å². The SMILES string of the molecule is CCCCS(=O)(=O)N[C@H](CO)C(=O)N[C@@H](C)C(=O)NCc1ccc(C#N)s1. The first kappa shape index (κ1) is 23.0. The van der Waals surface area contributed by atoms with E-state index in [9.17, 15) is 23.1 Å². The van der Waals surface area contributed by atoms with E-state index < -0.39 is 40.5 Å². The van der Waals surface area contributed by atoms with Gasteiger partial charge in [-0.15, -0.1) is 11.3 Å². The summed E-state index contributed by atoms with van der Waals surface area (Å²) in [7, 11) is -3.70. The van der Waals surface area contributed by atoms with Crippen molar-refractivity contribution in [1.29, 1.82) is 5.26 Å². The molecule has 0 unspecified atom stereocenters. The number of carbonyl (C=O) groups excluding carboxylic acids is 2. The van der Waals surface area contributed by atoms with E-state index in [1.165, 1.54) is 18.3 Å². The van der Waals surface area contributed by atoms with Crippen molar-refractivity contribution in [3.8, 4) is 6.07 Å². The molecule has 0 bridgehead atoms. The molecule has 0 saturated carbocycles. The van der Waals surface area contributed by atoms with Crippen LogP contribution >= 0.6 is 11.3 Å². The highest BCUT2D eigenvalue weighted by atomic mass is 32.2. The highest BCUT2D eigenvalue weighted by Crippen LogP contribution is 2.14. The van der Waals surface area contributed by atoms with E-state index in [-0.39, 0.29) is 12.3 Å². The molecule has 11 heteroatoms. The zero-order chi connectivity index (χ0) is 20.4. The topological polar surface area (TPSA) is 148 Å². The van der Waals surface area contributed by atoms with Crippen molar-refractivity contribution >= 4 is 33.2 Å². The van der Waals surface area contributed by atoms with Gasteiger partial charge in [0.15, 0.2) is 0 Å².